The lowest BCUT2D eigenvalue weighted by Gasteiger charge is -2.14. The van der Waals surface area contributed by atoms with Gasteiger partial charge in [-0.25, -0.2) is 4.68 Å². The van der Waals surface area contributed by atoms with Gasteiger partial charge in [-0.15, -0.1) is 0 Å². The molecule has 110 valence electrons. The normalized spacial score (nSPS) is 19.6. The van der Waals surface area contributed by atoms with Crippen LogP contribution in [0.2, 0.25) is 0 Å². The van der Waals surface area contributed by atoms with Crippen LogP contribution in [-0.2, 0) is 11.0 Å². The molecule has 3 nitrogen and oxygen atoms in total. The minimum Gasteiger partial charge on any atom is -0.294 e. The molecule has 20 heavy (non-hydrogen) atoms. The lowest BCUT2D eigenvalue weighted by atomic mass is 10.1. The van der Waals surface area contributed by atoms with Gasteiger partial charge < -0.3 is 0 Å². The first kappa shape index (κ1) is 14.6. The molecule has 0 spiro atoms. The van der Waals surface area contributed by atoms with E-state index in [0.717, 1.165) is 0 Å². The Morgan fingerprint density at radius 2 is 1.80 bits per heavy atom. The summed E-state index contributed by atoms with van der Waals surface area (Å²) < 4.78 is 76.2. The van der Waals surface area contributed by atoms with Crippen molar-refractivity contribution < 1.29 is 31.1 Å². The van der Waals surface area contributed by atoms with E-state index in [2.05, 4.69) is 5.10 Å². The third-order valence-corrected chi connectivity index (χ3v) is 2.83. The molecule has 0 radical (unpaired) electrons. The maximum absolute atomic E-state index is 13.0. The number of aromatic nitrogens is 2. The highest BCUT2D eigenvalue weighted by Crippen LogP contribution is 2.37. The first-order valence-corrected chi connectivity index (χ1v) is 5.57. The molecule has 1 aromatic rings. The average molecular weight is 298 g/mol. The summed E-state index contributed by atoms with van der Waals surface area (Å²) in [5.74, 6) is -0.707. The van der Waals surface area contributed by atoms with E-state index in [1.54, 1.807) is 0 Å². The van der Waals surface area contributed by atoms with Crippen LogP contribution in [0.5, 0.6) is 0 Å². The van der Waals surface area contributed by atoms with E-state index in [4.69, 9.17) is 0 Å². The van der Waals surface area contributed by atoms with Gasteiger partial charge in [0.1, 0.15) is 0 Å². The zero-order valence-electron chi connectivity index (χ0n) is 9.85. The summed E-state index contributed by atoms with van der Waals surface area (Å²) in [6.45, 7) is 0. The van der Waals surface area contributed by atoms with Crippen molar-refractivity contribution in [3.05, 3.63) is 23.5 Å². The molecule has 9 heteroatoms. The smallest absolute Gasteiger partial charge is 0.294 e. The minimum atomic E-state index is -4.95. The van der Waals surface area contributed by atoms with Crippen molar-refractivity contribution in [3.8, 4) is 0 Å². The summed E-state index contributed by atoms with van der Waals surface area (Å²) in [5.41, 5.74) is -3.39. The van der Waals surface area contributed by atoms with Crippen molar-refractivity contribution in [1.82, 2.24) is 9.78 Å². The van der Waals surface area contributed by atoms with Gasteiger partial charge in [-0.3, -0.25) is 4.79 Å². The third-order valence-electron chi connectivity index (χ3n) is 2.83. The molecule has 0 amide bonds. The lowest BCUT2D eigenvalue weighted by Crippen LogP contribution is -2.21. The number of carbonyl (C=O) groups excluding carboxylic acids is 1. The second kappa shape index (κ2) is 4.64. The second-order valence-corrected chi connectivity index (χ2v) is 4.24. The monoisotopic (exact) mass is 298 g/mol. The number of hydrogen-bond donors (Lipinski definition) is 0. The lowest BCUT2D eigenvalue weighted by molar-refractivity contribution is -0.141. The van der Waals surface area contributed by atoms with E-state index in [-0.39, 0.29) is 23.9 Å². The first-order chi connectivity index (χ1) is 9.10. The maximum Gasteiger partial charge on any atom is 0.435 e. The largest absolute Gasteiger partial charge is 0.435 e. The Bertz CT molecular complexity index is 566. The van der Waals surface area contributed by atoms with Crippen LogP contribution in [0.1, 0.15) is 25.0 Å². The number of hydrogen-bond acceptors (Lipinski definition) is 2. The minimum absolute atomic E-state index is 0.0394. The van der Waals surface area contributed by atoms with Gasteiger partial charge >= 0.3 is 12.4 Å². The molecular weight excluding hydrogens is 290 g/mol. The molecular formula is C11H8F6N2O. The predicted molar refractivity (Wildman–Crippen MR) is 55.4 cm³/mol. The zero-order valence-corrected chi connectivity index (χ0v) is 9.85. The Kier molecular flexibility index (Phi) is 3.39. The molecule has 1 aliphatic carbocycles. The van der Waals surface area contributed by atoms with Gasteiger partial charge in [0, 0.05) is 18.2 Å². The maximum atomic E-state index is 13.0. The third kappa shape index (κ3) is 2.70. The molecule has 0 atom stereocenters. The summed E-state index contributed by atoms with van der Waals surface area (Å²) in [7, 11) is 0. The Morgan fingerprint density at radius 1 is 1.15 bits per heavy atom. The van der Waals surface area contributed by atoms with E-state index in [0.29, 0.717) is 12.3 Å². The molecule has 1 aromatic heterocycles. The number of Topliss-reactive ketones (excluding diaryl/α,β-unsaturated/α-hetero) is 1. The van der Waals surface area contributed by atoms with Gasteiger partial charge in [-0.1, -0.05) is 0 Å². The predicted octanol–water partition coefficient (Wildman–Crippen LogP) is 3.43. The molecule has 1 aliphatic rings. The SMILES string of the molecule is O=C1CCC/C1=C(/n1ccc(C(F)(F)F)n1)C(F)(F)F. The van der Waals surface area contributed by atoms with Crippen molar-refractivity contribution >= 4 is 11.5 Å². The topological polar surface area (TPSA) is 34.9 Å². The van der Waals surface area contributed by atoms with Crippen LogP contribution in [0.25, 0.3) is 5.70 Å². The Balaban J connectivity index is 2.55. The number of alkyl halides is 6. The van der Waals surface area contributed by atoms with Crippen LogP contribution in [-0.4, -0.2) is 21.7 Å². The summed E-state index contributed by atoms with van der Waals surface area (Å²) in [4.78, 5) is 11.4. The fourth-order valence-corrected chi connectivity index (χ4v) is 2.01. The van der Waals surface area contributed by atoms with E-state index in [1.807, 2.05) is 0 Å². The highest BCUT2D eigenvalue weighted by Gasteiger charge is 2.42. The quantitative estimate of drug-likeness (QED) is 0.588. The Hall–Kier alpha value is -1.80. The summed E-state index contributed by atoms with van der Waals surface area (Å²) in [6, 6.07) is 0.436. The van der Waals surface area contributed by atoms with Crippen LogP contribution in [0.15, 0.2) is 17.8 Å². The fourth-order valence-electron chi connectivity index (χ4n) is 2.01. The molecule has 0 aromatic carbocycles. The van der Waals surface area contributed by atoms with E-state index >= 15 is 0 Å². The number of rotatable bonds is 1. The number of carbonyl (C=O) groups is 1. The molecule has 1 saturated carbocycles. The van der Waals surface area contributed by atoms with Crippen LogP contribution < -0.4 is 0 Å². The van der Waals surface area contributed by atoms with Crippen LogP contribution in [0.3, 0.4) is 0 Å². The molecule has 0 bridgehead atoms. The highest BCUT2D eigenvalue weighted by atomic mass is 19.4. The van der Waals surface area contributed by atoms with Crippen LogP contribution in [0.4, 0.5) is 26.3 Å². The van der Waals surface area contributed by atoms with Crippen molar-refractivity contribution in [2.75, 3.05) is 0 Å². The van der Waals surface area contributed by atoms with Crippen molar-refractivity contribution in [3.63, 3.8) is 0 Å². The first-order valence-electron chi connectivity index (χ1n) is 5.57. The van der Waals surface area contributed by atoms with Crippen molar-refractivity contribution in [1.29, 1.82) is 0 Å². The summed E-state index contributed by atoms with van der Waals surface area (Å²) >= 11 is 0. The Labute approximate surface area is 108 Å². The second-order valence-electron chi connectivity index (χ2n) is 4.24. The van der Waals surface area contributed by atoms with Gasteiger partial charge in [0.25, 0.3) is 0 Å². The molecule has 0 unspecified atom stereocenters. The summed E-state index contributed by atoms with van der Waals surface area (Å²) in [5, 5.41) is 2.89. The summed E-state index contributed by atoms with van der Waals surface area (Å²) in [6.07, 6.45) is -9.14. The van der Waals surface area contributed by atoms with E-state index in [1.165, 1.54) is 0 Å². The Morgan fingerprint density at radius 3 is 2.20 bits per heavy atom. The van der Waals surface area contributed by atoms with Gasteiger partial charge in [0.15, 0.2) is 17.2 Å². The van der Waals surface area contributed by atoms with Gasteiger partial charge in [0.05, 0.1) is 0 Å². The van der Waals surface area contributed by atoms with Crippen molar-refractivity contribution in [2.24, 2.45) is 0 Å². The molecule has 0 N–H and O–H groups in total. The number of ketones is 1. The van der Waals surface area contributed by atoms with E-state index < -0.39 is 35.1 Å². The standard InChI is InChI=1S/C11H8F6N2O/c12-10(13,14)8-4-5-19(18-8)9(11(15,16)17)6-2-1-3-7(6)20/h4-5H,1-3H2/b9-6-. The van der Waals surface area contributed by atoms with Crippen LogP contribution >= 0.6 is 0 Å². The number of halogens is 6. The van der Waals surface area contributed by atoms with E-state index in [9.17, 15) is 31.1 Å². The molecule has 0 saturated heterocycles. The van der Waals surface area contributed by atoms with Gasteiger partial charge in [-0.2, -0.15) is 31.4 Å². The average Bonchev–Trinajstić information content (AvgIpc) is 2.87. The van der Waals surface area contributed by atoms with Crippen molar-refractivity contribution in [2.45, 2.75) is 31.6 Å². The molecule has 1 heterocycles. The fraction of sp³-hybridized carbons (Fsp3) is 0.455. The molecule has 1 fully saturated rings. The van der Waals surface area contributed by atoms with Gasteiger partial charge in [0.2, 0.25) is 0 Å². The highest BCUT2D eigenvalue weighted by molar-refractivity contribution is 6.02. The van der Waals surface area contributed by atoms with Crippen LogP contribution in [0, 0.1) is 0 Å². The van der Waals surface area contributed by atoms with Gasteiger partial charge in [-0.05, 0) is 18.9 Å². The number of allylic oxidation sites excluding steroid dienone is 2. The number of nitrogens with zero attached hydrogens (tertiary/aromatic N) is 2. The molecule has 0 aliphatic heterocycles. The molecule has 2 rings (SSSR count). The zero-order chi connectivity index (χ0) is 15.1.